The van der Waals surface area contributed by atoms with Crippen LogP contribution in [-0.2, 0) is 16.6 Å². The molecule has 0 heterocycles. The highest BCUT2D eigenvalue weighted by Gasteiger charge is 2.16. The largest absolute Gasteiger partial charge is 0.497 e. The molecule has 0 fully saturated rings. The van der Waals surface area contributed by atoms with Gasteiger partial charge >= 0.3 is 0 Å². The predicted molar refractivity (Wildman–Crippen MR) is 85.0 cm³/mol. The van der Waals surface area contributed by atoms with E-state index < -0.39 is 15.8 Å². The molecule has 8 heteroatoms. The van der Waals surface area contributed by atoms with Gasteiger partial charge < -0.3 is 9.47 Å². The van der Waals surface area contributed by atoms with Crippen LogP contribution in [0.4, 0.5) is 4.39 Å². The molecule has 0 aliphatic rings. The molecule has 0 radical (unpaired) electrons. The second kappa shape index (κ2) is 7.16. The first-order valence-electron chi connectivity index (χ1n) is 6.52. The first-order valence-corrected chi connectivity index (χ1v) is 8.38. The fourth-order valence-corrected chi connectivity index (χ4v) is 3.16. The number of halogens is 2. The van der Waals surface area contributed by atoms with Gasteiger partial charge in [-0.25, -0.2) is 17.5 Å². The topological polar surface area (TPSA) is 64.6 Å². The highest BCUT2D eigenvalue weighted by atomic mass is 35.5. The van der Waals surface area contributed by atoms with Crippen molar-refractivity contribution in [2.45, 2.75) is 11.4 Å². The number of nitrogens with one attached hydrogen (secondary N) is 1. The van der Waals surface area contributed by atoms with Gasteiger partial charge in [-0.2, -0.15) is 0 Å². The number of rotatable bonds is 6. The fraction of sp³-hybridized carbons (Fsp3) is 0.200. The van der Waals surface area contributed by atoms with Gasteiger partial charge in [0.25, 0.3) is 0 Å². The van der Waals surface area contributed by atoms with Crippen LogP contribution in [0.3, 0.4) is 0 Å². The van der Waals surface area contributed by atoms with Crippen molar-refractivity contribution in [1.82, 2.24) is 4.72 Å². The minimum Gasteiger partial charge on any atom is -0.497 e. The molecular formula is C15H15ClFNO4S. The summed E-state index contributed by atoms with van der Waals surface area (Å²) in [4.78, 5) is -0.112. The number of benzene rings is 2. The Morgan fingerprint density at radius 3 is 2.22 bits per heavy atom. The Morgan fingerprint density at radius 1 is 1.09 bits per heavy atom. The van der Waals surface area contributed by atoms with Crippen molar-refractivity contribution in [2.75, 3.05) is 14.2 Å². The van der Waals surface area contributed by atoms with Gasteiger partial charge in [0.1, 0.15) is 17.3 Å². The van der Waals surface area contributed by atoms with Crippen molar-refractivity contribution in [2.24, 2.45) is 0 Å². The molecule has 2 rings (SSSR count). The molecule has 0 aliphatic heterocycles. The zero-order valence-electron chi connectivity index (χ0n) is 12.5. The second-order valence-corrected chi connectivity index (χ2v) is 6.80. The molecule has 1 N–H and O–H groups in total. The van der Waals surface area contributed by atoms with Crippen molar-refractivity contribution >= 4 is 21.6 Å². The predicted octanol–water partition coefficient (Wildman–Crippen LogP) is 2.97. The third-order valence-electron chi connectivity index (χ3n) is 3.08. The van der Waals surface area contributed by atoms with E-state index in [1.807, 2.05) is 0 Å². The highest BCUT2D eigenvalue weighted by Crippen LogP contribution is 2.23. The maximum absolute atomic E-state index is 13.1. The second-order valence-electron chi connectivity index (χ2n) is 4.62. The molecule has 23 heavy (non-hydrogen) atoms. The van der Waals surface area contributed by atoms with Gasteiger partial charge in [-0.15, -0.1) is 0 Å². The molecule has 0 saturated heterocycles. The van der Waals surface area contributed by atoms with E-state index in [1.165, 1.54) is 14.2 Å². The van der Waals surface area contributed by atoms with E-state index in [9.17, 15) is 12.8 Å². The summed E-state index contributed by atoms with van der Waals surface area (Å²) in [5.41, 5.74) is 0.651. The minimum atomic E-state index is -3.82. The maximum Gasteiger partial charge on any atom is 0.240 e. The van der Waals surface area contributed by atoms with Crippen LogP contribution in [0, 0.1) is 5.82 Å². The smallest absolute Gasteiger partial charge is 0.240 e. The average Bonchev–Trinajstić information content (AvgIpc) is 2.55. The normalized spacial score (nSPS) is 11.3. The van der Waals surface area contributed by atoms with Crippen molar-refractivity contribution in [3.8, 4) is 11.5 Å². The molecule has 0 saturated carbocycles. The van der Waals surface area contributed by atoms with Crippen molar-refractivity contribution in [3.05, 3.63) is 52.8 Å². The molecule has 0 spiro atoms. The number of hydrogen-bond donors (Lipinski definition) is 1. The standard InChI is InChI=1S/C15H15ClFNO4S/c1-21-11-5-10(6-12(7-11)22-2)9-18-23(19,20)13-3-4-15(17)14(16)8-13/h3-8,18H,9H2,1-2H3. The molecule has 124 valence electrons. The van der Waals surface area contributed by atoms with E-state index in [0.717, 1.165) is 18.2 Å². The average molecular weight is 360 g/mol. The number of methoxy groups -OCH3 is 2. The Hall–Kier alpha value is -1.83. The zero-order valence-corrected chi connectivity index (χ0v) is 14.0. The Morgan fingerprint density at radius 2 is 1.70 bits per heavy atom. The summed E-state index contributed by atoms with van der Waals surface area (Å²) in [6, 6.07) is 8.26. The summed E-state index contributed by atoms with van der Waals surface area (Å²) in [5, 5.41) is -0.254. The molecular weight excluding hydrogens is 345 g/mol. The Labute approximate surface area is 139 Å². The van der Waals surface area contributed by atoms with Gasteiger partial charge in [-0.3, -0.25) is 0 Å². The van der Waals surface area contributed by atoms with Gasteiger partial charge in [-0.05, 0) is 35.9 Å². The molecule has 0 amide bonds. The van der Waals surface area contributed by atoms with Gasteiger partial charge in [0, 0.05) is 12.6 Å². The summed E-state index contributed by atoms with van der Waals surface area (Å²) in [6.07, 6.45) is 0. The molecule has 0 aliphatic carbocycles. The van der Waals surface area contributed by atoms with Crippen LogP contribution in [0.5, 0.6) is 11.5 Å². The van der Waals surface area contributed by atoms with Crippen LogP contribution in [0.2, 0.25) is 5.02 Å². The summed E-state index contributed by atoms with van der Waals surface area (Å²) >= 11 is 5.62. The van der Waals surface area contributed by atoms with E-state index >= 15 is 0 Å². The lowest BCUT2D eigenvalue weighted by atomic mass is 10.2. The van der Waals surface area contributed by atoms with Crippen LogP contribution >= 0.6 is 11.6 Å². The Bertz CT molecular complexity index is 789. The maximum atomic E-state index is 13.1. The monoisotopic (exact) mass is 359 g/mol. The molecule has 0 unspecified atom stereocenters. The van der Waals surface area contributed by atoms with Crippen LogP contribution in [0.25, 0.3) is 0 Å². The van der Waals surface area contributed by atoms with Gasteiger partial charge in [0.2, 0.25) is 10.0 Å². The first kappa shape index (κ1) is 17.5. The summed E-state index contributed by atoms with van der Waals surface area (Å²) in [6.45, 7) is 0.0187. The molecule has 5 nitrogen and oxygen atoms in total. The van der Waals surface area contributed by atoms with E-state index in [4.69, 9.17) is 21.1 Å². The number of sulfonamides is 1. The lowest BCUT2D eigenvalue weighted by molar-refractivity contribution is 0.393. The molecule has 0 atom stereocenters. The van der Waals surface area contributed by atoms with E-state index in [2.05, 4.69) is 4.72 Å². The third kappa shape index (κ3) is 4.34. The summed E-state index contributed by atoms with van der Waals surface area (Å²) in [7, 11) is -0.813. The first-order chi connectivity index (χ1) is 10.9. The highest BCUT2D eigenvalue weighted by molar-refractivity contribution is 7.89. The fourth-order valence-electron chi connectivity index (χ4n) is 1.87. The SMILES string of the molecule is COc1cc(CNS(=O)(=O)c2ccc(F)c(Cl)c2)cc(OC)c1. The van der Waals surface area contributed by atoms with Crippen molar-refractivity contribution < 1.29 is 22.3 Å². The van der Waals surface area contributed by atoms with Gasteiger partial charge in [-0.1, -0.05) is 11.6 Å². The quantitative estimate of drug-likeness (QED) is 0.861. The zero-order chi connectivity index (χ0) is 17.0. The van der Waals surface area contributed by atoms with Crippen LogP contribution in [-0.4, -0.2) is 22.6 Å². The van der Waals surface area contributed by atoms with E-state index in [1.54, 1.807) is 18.2 Å². The van der Waals surface area contributed by atoms with Crippen molar-refractivity contribution in [3.63, 3.8) is 0 Å². The van der Waals surface area contributed by atoms with Crippen LogP contribution in [0.15, 0.2) is 41.3 Å². The third-order valence-corrected chi connectivity index (χ3v) is 4.77. The molecule has 2 aromatic rings. The lowest BCUT2D eigenvalue weighted by Gasteiger charge is -2.10. The van der Waals surface area contributed by atoms with E-state index in [-0.39, 0.29) is 16.5 Å². The lowest BCUT2D eigenvalue weighted by Crippen LogP contribution is -2.23. The summed E-state index contributed by atoms with van der Waals surface area (Å²) in [5.74, 6) is 0.412. The van der Waals surface area contributed by atoms with Crippen LogP contribution < -0.4 is 14.2 Å². The minimum absolute atomic E-state index is 0.0187. The van der Waals surface area contributed by atoms with E-state index in [0.29, 0.717) is 17.1 Å². The molecule has 0 aromatic heterocycles. The Balaban J connectivity index is 2.20. The van der Waals surface area contributed by atoms with Gasteiger partial charge in [0.05, 0.1) is 24.1 Å². The van der Waals surface area contributed by atoms with Crippen LogP contribution in [0.1, 0.15) is 5.56 Å². The number of hydrogen-bond acceptors (Lipinski definition) is 4. The van der Waals surface area contributed by atoms with Gasteiger partial charge in [0.15, 0.2) is 0 Å². The summed E-state index contributed by atoms with van der Waals surface area (Å²) < 4.78 is 50.2. The number of ether oxygens (including phenoxy) is 2. The Kier molecular flexibility index (Phi) is 5.46. The van der Waals surface area contributed by atoms with Crippen molar-refractivity contribution in [1.29, 1.82) is 0 Å². The molecule has 2 aromatic carbocycles. The molecule has 0 bridgehead atoms.